The first-order valence-electron chi connectivity index (χ1n) is 8.25. The minimum absolute atomic E-state index is 0.147. The Morgan fingerprint density at radius 1 is 1.09 bits per heavy atom. The van der Waals surface area contributed by atoms with Crippen LogP contribution >= 0.6 is 0 Å². The molecule has 0 bridgehead atoms. The summed E-state index contributed by atoms with van der Waals surface area (Å²) in [4.78, 5) is 16.3. The van der Waals surface area contributed by atoms with E-state index in [2.05, 4.69) is 34.5 Å². The van der Waals surface area contributed by atoms with Gasteiger partial charge in [-0.05, 0) is 44.0 Å². The fourth-order valence-electron chi connectivity index (χ4n) is 3.11. The Bertz CT molecular complexity index is 466. The molecule has 2 heterocycles. The number of nitrogens with zero attached hydrogens (tertiary/aromatic N) is 2. The van der Waals surface area contributed by atoms with Crippen molar-refractivity contribution in [2.24, 2.45) is 5.92 Å². The van der Waals surface area contributed by atoms with Crippen LogP contribution in [0.1, 0.15) is 12.8 Å². The van der Waals surface area contributed by atoms with Gasteiger partial charge in [0.2, 0.25) is 0 Å². The molecule has 2 saturated heterocycles. The summed E-state index contributed by atoms with van der Waals surface area (Å²) >= 11 is 0. The second-order valence-corrected chi connectivity index (χ2v) is 6.08. The second kappa shape index (κ2) is 7.49. The van der Waals surface area contributed by atoms with Gasteiger partial charge in [-0.15, -0.1) is 0 Å². The van der Waals surface area contributed by atoms with Crippen molar-refractivity contribution in [3.8, 4) is 0 Å². The first kappa shape index (κ1) is 15.2. The number of hydrogen-bond acceptors (Lipinski definition) is 4. The summed E-state index contributed by atoms with van der Waals surface area (Å²) < 4.78 is 5.50. The third-order valence-electron chi connectivity index (χ3n) is 4.56. The third kappa shape index (κ3) is 3.91. The molecule has 3 rings (SSSR count). The molecule has 5 nitrogen and oxygen atoms in total. The number of carbonyl (C=O) groups excluding carboxylic acids is 1. The monoisotopic (exact) mass is 303 g/mol. The number of nitrogens with one attached hydrogen (secondary N) is 1. The molecule has 0 radical (unpaired) electrons. The number of hydrogen-bond donors (Lipinski definition) is 1. The molecule has 0 unspecified atom stereocenters. The normalized spacial score (nSPS) is 20.0. The van der Waals surface area contributed by atoms with Gasteiger partial charge in [0.1, 0.15) is 0 Å². The highest BCUT2D eigenvalue weighted by Crippen LogP contribution is 2.17. The highest BCUT2D eigenvalue weighted by Gasteiger charge is 2.23. The Morgan fingerprint density at radius 2 is 1.77 bits per heavy atom. The topological polar surface area (TPSA) is 44.8 Å². The van der Waals surface area contributed by atoms with Crippen LogP contribution in [0.15, 0.2) is 30.3 Å². The van der Waals surface area contributed by atoms with E-state index in [9.17, 15) is 4.79 Å². The predicted octanol–water partition coefficient (Wildman–Crippen LogP) is 1.94. The highest BCUT2D eigenvalue weighted by molar-refractivity contribution is 5.68. The van der Waals surface area contributed by atoms with Gasteiger partial charge in [-0.25, -0.2) is 4.79 Å². The minimum Gasteiger partial charge on any atom is -0.449 e. The van der Waals surface area contributed by atoms with Gasteiger partial charge in [0.05, 0.1) is 6.61 Å². The van der Waals surface area contributed by atoms with Crippen LogP contribution in [0.25, 0.3) is 0 Å². The first-order chi connectivity index (χ1) is 10.8. The quantitative estimate of drug-likeness (QED) is 0.927. The van der Waals surface area contributed by atoms with Gasteiger partial charge in [-0.3, -0.25) is 0 Å². The summed E-state index contributed by atoms with van der Waals surface area (Å²) in [6.45, 7) is 5.86. The standard InChI is InChI=1S/C17H25N3O2/c21-17(22-14-15-6-8-18-9-7-15)20-12-10-19(11-13-20)16-4-2-1-3-5-16/h1-5,15,18H,6-14H2. The second-order valence-electron chi connectivity index (χ2n) is 6.08. The smallest absolute Gasteiger partial charge is 0.409 e. The summed E-state index contributed by atoms with van der Waals surface area (Å²) in [5.74, 6) is 0.524. The lowest BCUT2D eigenvalue weighted by atomic mass is 9.99. The van der Waals surface area contributed by atoms with E-state index in [1.807, 2.05) is 11.0 Å². The SMILES string of the molecule is O=C(OCC1CCNCC1)N1CCN(c2ccccc2)CC1. The summed E-state index contributed by atoms with van der Waals surface area (Å²) in [6.07, 6.45) is 2.07. The van der Waals surface area contributed by atoms with Crippen LogP contribution < -0.4 is 10.2 Å². The van der Waals surface area contributed by atoms with Gasteiger partial charge in [-0.1, -0.05) is 18.2 Å². The van der Waals surface area contributed by atoms with Gasteiger partial charge in [0.15, 0.2) is 0 Å². The fraction of sp³-hybridized carbons (Fsp3) is 0.588. The molecule has 1 aromatic carbocycles. The zero-order valence-electron chi connectivity index (χ0n) is 13.0. The van der Waals surface area contributed by atoms with E-state index in [1.165, 1.54) is 5.69 Å². The molecule has 0 atom stereocenters. The number of rotatable bonds is 3. The minimum atomic E-state index is -0.147. The zero-order chi connectivity index (χ0) is 15.2. The maximum atomic E-state index is 12.2. The van der Waals surface area contributed by atoms with Crippen LogP contribution in [0.3, 0.4) is 0 Å². The number of carbonyl (C=O) groups is 1. The Morgan fingerprint density at radius 3 is 2.45 bits per heavy atom. The summed E-state index contributed by atoms with van der Waals surface area (Å²) in [7, 11) is 0. The number of amides is 1. The molecular weight excluding hydrogens is 278 g/mol. The number of para-hydroxylation sites is 1. The Kier molecular flexibility index (Phi) is 5.16. The van der Waals surface area contributed by atoms with Crippen LogP contribution in [0, 0.1) is 5.92 Å². The molecule has 2 aliphatic heterocycles. The summed E-state index contributed by atoms with van der Waals surface area (Å²) in [5, 5.41) is 3.33. The van der Waals surface area contributed by atoms with E-state index in [0.717, 1.165) is 52.1 Å². The van der Waals surface area contributed by atoms with E-state index < -0.39 is 0 Å². The van der Waals surface area contributed by atoms with Gasteiger partial charge in [0.25, 0.3) is 0 Å². The molecule has 0 saturated carbocycles. The van der Waals surface area contributed by atoms with Crippen LogP contribution in [0.2, 0.25) is 0 Å². The van der Waals surface area contributed by atoms with Crippen molar-refractivity contribution >= 4 is 11.8 Å². The average Bonchev–Trinajstić information content (AvgIpc) is 2.61. The van der Waals surface area contributed by atoms with Gasteiger partial charge in [-0.2, -0.15) is 0 Å². The first-order valence-corrected chi connectivity index (χ1v) is 8.25. The molecule has 1 aromatic rings. The van der Waals surface area contributed by atoms with Crippen LogP contribution in [0.5, 0.6) is 0 Å². The number of piperidine rings is 1. The number of piperazine rings is 1. The molecule has 1 N–H and O–H groups in total. The molecular formula is C17H25N3O2. The van der Waals surface area contributed by atoms with Crippen LogP contribution in [-0.4, -0.2) is 56.9 Å². The van der Waals surface area contributed by atoms with E-state index in [4.69, 9.17) is 4.74 Å². The van der Waals surface area contributed by atoms with Gasteiger partial charge >= 0.3 is 6.09 Å². The zero-order valence-corrected chi connectivity index (χ0v) is 13.0. The largest absolute Gasteiger partial charge is 0.449 e. The molecule has 2 aliphatic rings. The molecule has 22 heavy (non-hydrogen) atoms. The van der Waals surface area contributed by atoms with E-state index in [-0.39, 0.29) is 6.09 Å². The van der Waals surface area contributed by atoms with Gasteiger partial charge in [0, 0.05) is 31.9 Å². The lowest BCUT2D eigenvalue weighted by Crippen LogP contribution is -2.49. The highest BCUT2D eigenvalue weighted by atomic mass is 16.6. The molecule has 0 aromatic heterocycles. The average molecular weight is 303 g/mol. The maximum absolute atomic E-state index is 12.2. The predicted molar refractivity (Wildman–Crippen MR) is 87.2 cm³/mol. The van der Waals surface area contributed by atoms with Crippen molar-refractivity contribution in [3.05, 3.63) is 30.3 Å². The summed E-state index contributed by atoms with van der Waals surface area (Å²) in [5.41, 5.74) is 1.23. The fourth-order valence-corrected chi connectivity index (χ4v) is 3.11. The molecule has 0 spiro atoms. The lowest BCUT2D eigenvalue weighted by molar-refractivity contribution is 0.0800. The summed E-state index contributed by atoms with van der Waals surface area (Å²) in [6, 6.07) is 10.4. The molecule has 0 aliphatic carbocycles. The van der Waals surface area contributed by atoms with Crippen molar-refractivity contribution in [1.29, 1.82) is 0 Å². The number of ether oxygens (including phenoxy) is 1. The third-order valence-corrected chi connectivity index (χ3v) is 4.56. The van der Waals surface area contributed by atoms with E-state index in [0.29, 0.717) is 12.5 Å². The van der Waals surface area contributed by atoms with Crippen molar-refractivity contribution in [2.45, 2.75) is 12.8 Å². The van der Waals surface area contributed by atoms with Crippen LogP contribution in [-0.2, 0) is 4.74 Å². The van der Waals surface area contributed by atoms with Gasteiger partial charge < -0.3 is 19.9 Å². The Balaban J connectivity index is 1.41. The number of benzene rings is 1. The Labute approximate surface area is 132 Å². The molecule has 1 amide bonds. The van der Waals surface area contributed by atoms with E-state index >= 15 is 0 Å². The van der Waals surface area contributed by atoms with Crippen molar-refractivity contribution in [1.82, 2.24) is 10.2 Å². The molecule has 2 fully saturated rings. The van der Waals surface area contributed by atoms with Crippen molar-refractivity contribution in [2.75, 3.05) is 50.8 Å². The maximum Gasteiger partial charge on any atom is 0.409 e. The lowest BCUT2D eigenvalue weighted by Gasteiger charge is -2.35. The number of anilines is 1. The van der Waals surface area contributed by atoms with Crippen molar-refractivity contribution < 1.29 is 9.53 Å². The van der Waals surface area contributed by atoms with Crippen LogP contribution in [0.4, 0.5) is 10.5 Å². The molecule has 5 heteroatoms. The Hall–Kier alpha value is -1.75. The van der Waals surface area contributed by atoms with E-state index in [1.54, 1.807) is 0 Å². The molecule has 120 valence electrons. The van der Waals surface area contributed by atoms with Crippen molar-refractivity contribution in [3.63, 3.8) is 0 Å².